The van der Waals surface area contributed by atoms with Gasteiger partial charge in [0, 0.05) is 29.0 Å². The van der Waals surface area contributed by atoms with Gasteiger partial charge in [0.05, 0.1) is 11.4 Å². The highest BCUT2D eigenvalue weighted by molar-refractivity contribution is 6.18. The summed E-state index contributed by atoms with van der Waals surface area (Å²) >= 11 is 0. The van der Waals surface area contributed by atoms with Crippen molar-refractivity contribution in [1.29, 1.82) is 0 Å². The van der Waals surface area contributed by atoms with E-state index < -0.39 is 0 Å². The molecule has 4 heteroatoms. The molecular weight excluding hydrogens is 238 g/mol. The summed E-state index contributed by atoms with van der Waals surface area (Å²) in [6, 6.07) is 10.6. The van der Waals surface area contributed by atoms with E-state index in [1.165, 1.54) is 21.8 Å². The Balaban J connectivity index is 2.04. The van der Waals surface area contributed by atoms with E-state index >= 15 is 0 Å². The van der Waals surface area contributed by atoms with Gasteiger partial charge in [-0.3, -0.25) is 4.98 Å². The second-order valence-electron chi connectivity index (χ2n) is 5.15. The molecule has 0 aliphatic carbocycles. The highest BCUT2D eigenvalue weighted by Gasteiger charge is 2.34. The lowest BCUT2D eigenvalue weighted by molar-refractivity contribution is 0.151. The van der Waals surface area contributed by atoms with Gasteiger partial charge in [0.2, 0.25) is 0 Å². The summed E-state index contributed by atoms with van der Waals surface area (Å²) in [5.74, 6) is 0.335. The maximum Gasteiger partial charge on any atom is 0.127 e. The molecule has 0 spiro atoms. The number of fused-ring (bicyclic) bond motifs is 5. The van der Waals surface area contributed by atoms with E-state index in [1.54, 1.807) is 0 Å². The first-order valence-corrected chi connectivity index (χ1v) is 6.49. The number of nitrogens with zero attached hydrogens (tertiary/aromatic N) is 3. The molecule has 4 nitrogen and oxygen atoms in total. The van der Waals surface area contributed by atoms with Gasteiger partial charge in [-0.25, -0.2) is 0 Å². The average molecular weight is 249 g/mol. The lowest BCUT2D eigenvalue weighted by Crippen LogP contribution is -2.26. The predicted octanol–water partition coefficient (Wildman–Crippen LogP) is 2.55. The van der Waals surface area contributed by atoms with E-state index in [-0.39, 0.29) is 0 Å². The van der Waals surface area contributed by atoms with Crippen LogP contribution in [0.3, 0.4) is 0 Å². The minimum Gasteiger partial charge on any atom is -0.395 e. The van der Waals surface area contributed by atoms with Crippen molar-refractivity contribution in [1.82, 2.24) is 9.55 Å². The third-order valence-corrected chi connectivity index (χ3v) is 4.15. The lowest BCUT2D eigenvalue weighted by Gasteiger charge is -2.20. The van der Waals surface area contributed by atoms with Gasteiger partial charge in [-0.2, -0.15) is 0 Å². The predicted molar refractivity (Wildman–Crippen MR) is 73.2 cm³/mol. The smallest absolute Gasteiger partial charge is 0.127 e. The zero-order valence-corrected chi connectivity index (χ0v) is 10.2. The Kier molecular flexibility index (Phi) is 1.58. The van der Waals surface area contributed by atoms with Crippen LogP contribution in [0.5, 0.6) is 0 Å². The second kappa shape index (κ2) is 3.15. The minimum absolute atomic E-state index is 0.335. The van der Waals surface area contributed by atoms with Crippen molar-refractivity contribution in [3.8, 4) is 0 Å². The van der Waals surface area contributed by atoms with E-state index in [2.05, 4.69) is 45.0 Å². The molecule has 0 N–H and O–H groups in total. The molecule has 1 atom stereocenters. The van der Waals surface area contributed by atoms with Crippen LogP contribution >= 0.6 is 0 Å². The number of benzene rings is 1. The Morgan fingerprint density at radius 3 is 3.11 bits per heavy atom. The van der Waals surface area contributed by atoms with Crippen LogP contribution in [0.4, 0.5) is 0 Å². The van der Waals surface area contributed by atoms with E-state index in [9.17, 15) is 0 Å². The summed E-state index contributed by atoms with van der Waals surface area (Å²) in [6.07, 6.45) is 1.87. The largest absolute Gasteiger partial charge is 0.395 e. The van der Waals surface area contributed by atoms with Gasteiger partial charge in [-0.1, -0.05) is 23.4 Å². The molecule has 0 saturated heterocycles. The molecular formula is C15H11N3O. The SMILES string of the molecule is c1ccc2c(c1)c1ccnc3c1n2CC1CON=C31. The molecule has 2 aromatic heterocycles. The fraction of sp³-hybridized carbons (Fsp3) is 0.200. The summed E-state index contributed by atoms with van der Waals surface area (Å²) in [5.41, 5.74) is 4.48. The molecule has 0 radical (unpaired) electrons. The molecule has 1 unspecified atom stereocenters. The third kappa shape index (κ3) is 1.05. The number of oxime groups is 1. The van der Waals surface area contributed by atoms with Gasteiger partial charge in [-0.15, -0.1) is 0 Å². The molecule has 19 heavy (non-hydrogen) atoms. The Labute approximate surface area is 109 Å². The van der Waals surface area contributed by atoms with Crippen LogP contribution in [0, 0.1) is 5.92 Å². The van der Waals surface area contributed by atoms with Gasteiger partial charge in [0.25, 0.3) is 0 Å². The van der Waals surface area contributed by atoms with E-state index in [0.717, 1.165) is 18.0 Å². The normalized spacial score (nSPS) is 20.4. The topological polar surface area (TPSA) is 39.4 Å². The molecule has 2 aliphatic heterocycles. The minimum atomic E-state index is 0.335. The van der Waals surface area contributed by atoms with Crippen molar-refractivity contribution in [2.24, 2.45) is 11.1 Å². The van der Waals surface area contributed by atoms with Gasteiger partial charge in [0.1, 0.15) is 18.0 Å². The van der Waals surface area contributed by atoms with Crippen LogP contribution in [0.25, 0.3) is 21.8 Å². The number of pyridine rings is 1. The van der Waals surface area contributed by atoms with Gasteiger partial charge in [-0.05, 0) is 12.1 Å². The summed E-state index contributed by atoms with van der Waals surface area (Å²) in [4.78, 5) is 9.81. The van der Waals surface area contributed by atoms with E-state index in [1.807, 2.05) is 6.20 Å². The fourth-order valence-electron chi connectivity index (χ4n) is 3.33. The summed E-state index contributed by atoms with van der Waals surface area (Å²) < 4.78 is 2.37. The number of hydrogen-bond donors (Lipinski definition) is 0. The van der Waals surface area contributed by atoms with Gasteiger partial charge < -0.3 is 9.40 Å². The standard InChI is InChI=1S/C15H11N3O/c1-2-4-12-10(3-1)11-5-6-16-14-13-9(8-19-17-13)7-18(12)15(11)14/h1-6,9H,7-8H2. The molecule has 5 rings (SSSR count). The van der Waals surface area contributed by atoms with Gasteiger partial charge >= 0.3 is 0 Å². The number of hydrogen-bond acceptors (Lipinski definition) is 3. The average Bonchev–Trinajstić information content (AvgIpc) is 3.05. The monoisotopic (exact) mass is 249 g/mol. The van der Waals surface area contributed by atoms with Crippen molar-refractivity contribution in [3.05, 3.63) is 42.2 Å². The zero-order chi connectivity index (χ0) is 12.4. The quantitative estimate of drug-likeness (QED) is 0.614. The zero-order valence-electron chi connectivity index (χ0n) is 10.2. The third-order valence-electron chi connectivity index (χ3n) is 4.15. The number of rotatable bonds is 0. The molecule has 92 valence electrons. The Bertz CT molecular complexity index is 862. The van der Waals surface area contributed by atoms with Crippen LogP contribution < -0.4 is 0 Å². The summed E-state index contributed by atoms with van der Waals surface area (Å²) in [7, 11) is 0. The molecule has 2 aliphatic rings. The van der Waals surface area contributed by atoms with E-state index in [0.29, 0.717) is 12.5 Å². The molecule has 3 aromatic rings. The molecule has 0 bridgehead atoms. The highest BCUT2D eigenvalue weighted by Crippen LogP contribution is 2.36. The maximum absolute atomic E-state index is 5.27. The summed E-state index contributed by atoms with van der Waals surface area (Å²) in [6.45, 7) is 1.60. The summed E-state index contributed by atoms with van der Waals surface area (Å²) in [5, 5.41) is 6.74. The van der Waals surface area contributed by atoms with Crippen LogP contribution in [0.1, 0.15) is 5.69 Å². The van der Waals surface area contributed by atoms with E-state index in [4.69, 9.17) is 4.84 Å². The molecule has 0 saturated carbocycles. The Morgan fingerprint density at radius 1 is 1.16 bits per heavy atom. The first-order valence-electron chi connectivity index (χ1n) is 6.49. The van der Waals surface area contributed by atoms with Crippen LogP contribution in [0.15, 0.2) is 41.7 Å². The van der Waals surface area contributed by atoms with Crippen LogP contribution in [-0.2, 0) is 11.4 Å². The fourth-order valence-corrected chi connectivity index (χ4v) is 3.33. The molecule has 4 heterocycles. The lowest BCUT2D eigenvalue weighted by atomic mass is 9.97. The number of para-hydroxylation sites is 1. The van der Waals surface area contributed by atoms with Crippen LogP contribution in [0.2, 0.25) is 0 Å². The van der Waals surface area contributed by atoms with Crippen molar-refractivity contribution in [2.45, 2.75) is 6.54 Å². The van der Waals surface area contributed by atoms with Crippen molar-refractivity contribution >= 4 is 27.5 Å². The first kappa shape index (κ1) is 9.55. The molecule has 1 aromatic carbocycles. The van der Waals surface area contributed by atoms with Crippen molar-refractivity contribution < 1.29 is 4.84 Å². The van der Waals surface area contributed by atoms with Crippen molar-refractivity contribution in [3.63, 3.8) is 0 Å². The molecule has 0 amide bonds. The first-order chi connectivity index (χ1) is 9.43. The second-order valence-corrected chi connectivity index (χ2v) is 5.15. The Morgan fingerprint density at radius 2 is 2.11 bits per heavy atom. The Hall–Kier alpha value is -2.36. The number of aromatic nitrogens is 2. The van der Waals surface area contributed by atoms with Crippen molar-refractivity contribution in [2.75, 3.05) is 6.61 Å². The highest BCUT2D eigenvalue weighted by atomic mass is 16.6. The maximum atomic E-state index is 5.27. The van der Waals surface area contributed by atoms with Gasteiger partial charge in [0.15, 0.2) is 0 Å². The van der Waals surface area contributed by atoms with Crippen LogP contribution in [-0.4, -0.2) is 21.9 Å². The molecule has 0 fully saturated rings.